The summed E-state index contributed by atoms with van der Waals surface area (Å²) in [6.45, 7) is -0.215. The van der Waals surface area contributed by atoms with E-state index in [0.717, 1.165) is 5.56 Å². The minimum Gasteiger partial charge on any atom is -0.497 e. The maximum atomic E-state index is 14.1. The minimum atomic E-state index is -0.754. The monoisotopic (exact) mass is 422 g/mol. The molecule has 0 fully saturated rings. The second kappa shape index (κ2) is 8.55. The largest absolute Gasteiger partial charge is 0.497 e. The van der Waals surface area contributed by atoms with Crippen LogP contribution in [-0.4, -0.2) is 30.4 Å². The van der Waals surface area contributed by atoms with E-state index < -0.39 is 17.7 Å². The molecule has 1 aliphatic heterocycles. The van der Waals surface area contributed by atoms with Gasteiger partial charge in [0.2, 0.25) is 11.8 Å². The van der Waals surface area contributed by atoms with Gasteiger partial charge in [-0.15, -0.1) is 0 Å². The molecule has 0 unspecified atom stereocenters. The molecule has 1 aliphatic rings. The summed E-state index contributed by atoms with van der Waals surface area (Å²) in [6, 6.07) is 15.9. The van der Waals surface area contributed by atoms with E-state index in [0.29, 0.717) is 22.6 Å². The first-order valence-corrected chi connectivity index (χ1v) is 9.72. The van der Waals surface area contributed by atoms with Crippen molar-refractivity contribution < 1.29 is 23.1 Å². The molecule has 1 heterocycles. The summed E-state index contributed by atoms with van der Waals surface area (Å²) >= 11 is 0. The lowest BCUT2D eigenvalue weighted by Crippen LogP contribution is -2.39. The average Bonchev–Trinajstić information content (AvgIpc) is 2.90. The number of fused-ring (bicyclic) bond motifs is 1. The Morgan fingerprint density at radius 1 is 1.03 bits per heavy atom. The lowest BCUT2D eigenvalue weighted by molar-refractivity contribution is -0.135. The molecule has 2 amide bonds. The number of methoxy groups -OCH3 is 1. The SMILES string of the molecule is COc1ccc(CC(=O)N2CC(=O)Nc3ccc(F)cc3[C@H]2c2ccc(F)cc2)cc1. The van der Waals surface area contributed by atoms with Crippen molar-refractivity contribution in [2.45, 2.75) is 12.5 Å². The van der Waals surface area contributed by atoms with Gasteiger partial charge in [0.15, 0.2) is 0 Å². The maximum absolute atomic E-state index is 14.1. The molecule has 1 atom stereocenters. The zero-order chi connectivity index (χ0) is 22.0. The number of halogens is 2. The smallest absolute Gasteiger partial charge is 0.244 e. The zero-order valence-corrected chi connectivity index (χ0v) is 16.8. The van der Waals surface area contributed by atoms with E-state index >= 15 is 0 Å². The number of hydrogen-bond donors (Lipinski definition) is 1. The molecule has 0 saturated heterocycles. The van der Waals surface area contributed by atoms with Crippen molar-refractivity contribution in [2.24, 2.45) is 0 Å². The number of rotatable bonds is 4. The highest BCUT2D eigenvalue weighted by molar-refractivity contribution is 5.97. The van der Waals surface area contributed by atoms with Crippen LogP contribution in [0.2, 0.25) is 0 Å². The number of carbonyl (C=O) groups is 2. The van der Waals surface area contributed by atoms with Crippen molar-refractivity contribution in [2.75, 3.05) is 19.0 Å². The van der Waals surface area contributed by atoms with Gasteiger partial charge in [-0.2, -0.15) is 0 Å². The third-order valence-corrected chi connectivity index (χ3v) is 5.23. The molecular formula is C24H20F2N2O3. The van der Waals surface area contributed by atoms with E-state index in [9.17, 15) is 18.4 Å². The van der Waals surface area contributed by atoms with E-state index in [1.807, 2.05) is 0 Å². The Bertz CT molecular complexity index is 1110. The van der Waals surface area contributed by atoms with Crippen molar-refractivity contribution in [3.8, 4) is 5.75 Å². The summed E-state index contributed by atoms with van der Waals surface area (Å²) in [5.74, 6) is -0.960. The first-order valence-electron chi connectivity index (χ1n) is 9.72. The maximum Gasteiger partial charge on any atom is 0.244 e. The highest BCUT2D eigenvalue weighted by Gasteiger charge is 2.33. The van der Waals surface area contributed by atoms with Gasteiger partial charge in [0.1, 0.15) is 23.9 Å². The lowest BCUT2D eigenvalue weighted by Gasteiger charge is -2.30. The summed E-state index contributed by atoms with van der Waals surface area (Å²) in [4.78, 5) is 27.3. The third-order valence-electron chi connectivity index (χ3n) is 5.23. The highest BCUT2D eigenvalue weighted by atomic mass is 19.1. The molecule has 0 saturated carbocycles. The van der Waals surface area contributed by atoms with Crippen LogP contribution in [0, 0.1) is 11.6 Å². The second-order valence-electron chi connectivity index (χ2n) is 7.28. The molecule has 0 aromatic heterocycles. The minimum absolute atomic E-state index is 0.0413. The van der Waals surface area contributed by atoms with Gasteiger partial charge in [-0.3, -0.25) is 9.59 Å². The van der Waals surface area contributed by atoms with E-state index in [1.54, 1.807) is 31.4 Å². The van der Waals surface area contributed by atoms with Crippen molar-refractivity contribution in [1.82, 2.24) is 4.90 Å². The number of nitrogens with zero attached hydrogens (tertiary/aromatic N) is 1. The van der Waals surface area contributed by atoms with E-state index in [-0.39, 0.29) is 24.8 Å². The van der Waals surface area contributed by atoms with E-state index in [1.165, 1.54) is 47.4 Å². The Hall–Kier alpha value is -3.74. The summed E-state index contributed by atoms with van der Waals surface area (Å²) in [6.07, 6.45) is 0.0413. The van der Waals surface area contributed by atoms with E-state index in [2.05, 4.69) is 5.32 Å². The summed E-state index contributed by atoms with van der Waals surface area (Å²) in [7, 11) is 1.56. The highest BCUT2D eigenvalue weighted by Crippen LogP contribution is 2.36. The normalized spacial score (nSPS) is 15.6. The van der Waals surface area contributed by atoms with Gasteiger partial charge in [-0.1, -0.05) is 24.3 Å². The van der Waals surface area contributed by atoms with Gasteiger partial charge in [-0.05, 0) is 53.6 Å². The zero-order valence-electron chi connectivity index (χ0n) is 16.8. The van der Waals surface area contributed by atoms with Crippen LogP contribution in [0.5, 0.6) is 5.75 Å². The number of carbonyl (C=O) groups excluding carboxylic acids is 2. The summed E-state index contributed by atoms with van der Waals surface area (Å²) in [5, 5.41) is 2.73. The molecule has 158 valence electrons. The topological polar surface area (TPSA) is 58.6 Å². The molecule has 7 heteroatoms. The fourth-order valence-electron chi connectivity index (χ4n) is 3.73. The molecule has 3 aromatic carbocycles. The number of nitrogens with one attached hydrogen (secondary N) is 1. The Labute approximate surface area is 178 Å². The van der Waals surface area contributed by atoms with Gasteiger partial charge in [-0.25, -0.2) is 8.78 Å². The summed E-state index contributed by atoms with van der Waals surface area (Å²) in [5.41, 5.74) is 2.17. The molecule has 0 aliphatic carbocycles. The van der Waals surface area contributed by atoms with Crippen LogP contribution in [0.1, 0.15) is 22.7 Å². The molecule has 5 nitrogen and oxygen atoms in total. The molecule has 1 N–H and O–H groups in total. The van der Waals surface area contributed by atoms with Crippen LogP contribution in [0.3, 0.4) is 0 Å². The molecule has 0 spiro atoms. The molecule has 0 radical (unpaired) electrons. The van der Waals surface area contributed by atoms with Crippen LogP contribution in [0.15, 0.2) is 66.7 Å². The van der Waals surface area contributed by atoms with Gasteiger partial charge >= 0.3 is 0 Å². The molecule has 0 bridgehead atoms. The first-order chi connectivity index (χ1) is 14.9. The number of anilines is 1. The van der Waals surface area contributed by atoms with Crippen molar-refractivity contribution >= 4 is 17.5 Å². The molecule has 4 rings (SSSR count). The number of benzene rings is 3. The third kappa shape index (κ3) is 4.40. The summed E-state index contributed by atoms with van der Waals surface area (Å²) < 4.78 is 32.8. The van der Waals surface area contributed by atoms with Crippen LogP contribution >= 0.6 is 0 Å². The first kappa shape index (κ1) is 20.5. The van der Waals surface area contributed by atoms with Gasteiger partial charge in [0.25, 0.3) is 0 Å². The predicted octanol–water partition coefficient (Wildman–Crippen LogP) is 4.09. The van der Waals surface area contributed by atoms with Crippen LogP contribution in [0.25, 0.3) is 0 Å². The molecule has 31 heavy (non-hydrogen) atoms. The van der Waals surface area contributed by atoms with Crippen LogP contribution < -0.4 is 10.1 Å². The van der Waals surface area contributed by atoms with Crippen molar-refractivity contribution in [3.05, 3.63) is 95.1 Å². The second-order valence-corrected chi connectivity index (χ2v) is 7.28. The Morgan fingerprint density at radius 3 is 2.39 bits per heavy atom. The number of hydrogen-bond acceptors (Lipinski definition) is 3. The molecular weight excluding hydrogens is 402 g/mol. The standard InChI is InChI=1S/C24H20F2N2O3/c1-31-19-9-2-15(3-10-19)12-23(30)28-14-22(29)27-21-11-8-18(26)13-20(21)24(28)16-4-6-17(25)7-5-16/h2-11,13,24H,12,14H2,1H3,(H,27,29)/t24-/m1/s1. The average molecular weight is 422 g/mol. The Balaban J connectivity index is 1.76. The molecule has 3 aromatic rings. The fraction of sp³-hybridized carbons (Fsp3) is 0.167. The number of ether oxygens (including phenoxy) is 1. The quantitative estimate of drug-likeness (QED) is 0.689. The van der Waals surface area contributed by atoms with E-state index in [4.69, 9.17) is 4.74 Å². The lowest BCUT2D eigenvalue weighted by atomic mass is 9.95. The Kier molecular flexibility index (Phi) is 5.66. The fourth-order valence-corrected chi connectivity index (χ4v) is 3.73. The van der Waals surface area contributed by atoms with Crippen LogP contribution in [0.4, 0.5) is 14.5 Å². The Morgan fingerprint density at radius 2 is 1.71 bits per heavy atom. The van der Waals surface area contributed by atoms with Gasteiger partial charge in [0, 0.05) is 11.3 Å². The van der Waals surface area contributed by atoms with Crippen LogP contribution in [-0.2, 0) is 16.0 Å². The van der Waals surface area contributed by atoms with Crippen molar-refractivity contribution in [1.29, 1.82) is 0 Å². The van der Waals surface area contributed by atoms with Crippen molar-refractivity contribution in [3.63, 3.8) is 0 Å². The number of amides is 2. The predicted molar refractivity (Wildman–Crippen MR) is 112 cm³/mol. The van der Waals surface area contributed by atoms with Gasteiger partial charge in [0.05, 0.1) is 19.6 Å². The van der Waals surface area contributed by atoms with Gasteiger partial charge < -0.3 is 15.0 Å².